The predicted molar refractivity (Wildman–Crippen MR) is 103 cm³/mol. The van der Waals surface area contributed by atoms with Crippen molar-refractivity contribution in [2.75, 3.05) is 0 Å². The van der Waals surface area contributed by atoms with E-state index in [9.17, 15) is 0 Å². The van der Waals surface area contributed by atoms with Gasteiger partial charge in [0.25, 0.3) is 0 Å². The third-order valence-electron chi connectivity index (χ3n) is 3.74. The van der Waals surface area contributed by atoms with Crippen LogP contribution in [-0.2, 0) is 0 Å². The minimum Gasteiger partial charge on any atom is -0.152 e. The van der Waals surface area contributed by atoms with Gasteiger partial charge in [-0.2, -0.15) is 11.3 Å². The molecule has 0 amide bonds. The summed E-state index contributed by atoms with van der Waals surface area (Å²) in [5.41, 5.74) is 0. The van der Waals surface area contributed by atoms with E-state index in [0.29, 0.717) is 0 Å². The molecule has 0 fully saturated rings. The number of rotatable bonds is 0. The molecule has 2 aromatic carbocycles. The number of thiophene rings is 3. The number of benzene rings is 2. The fourth-order valence-corrected chi connectivity index (χ4v) is 6.56. The van der Waals surface area contributed by atoms with Gasteiger partial charge in [-0.1, -0.05) is 6.07 Å². The van der Waals surface area contributed by atoms with E-state index >= 15 is 0 Å². The van der Waals surface area contributed by atoms with Gasteiger partial charge >= 0.3 is 0 Å². The summed E-state index contributed by atoms with van der Waals surface area (Å²) < 4.78 is 7.39. The van der Waals surface area contributed by atoms with E-state index in [1.54, 1.807) is 22.7 Å². The summed E-state index contributed by atoms with van der Waals surface area (Å²) in [6.45, 7) is 0. The van der Waals surface area contributed by atoms with E-state index in [-0.39, 0.29) is 0 Å². The van der Waals surface area contributed by atoms with Crippen LogP contribution in [-0.4, -0.2) is 7.85 Å². The number of hydrogen-bond donors (Lipinski definition) is 0. The maximum absolute atomic E-state index is 5.93. The summed E-state index contributed by atoms with van der Waals surface area (Å²) in [5.74, 6) is 0. The molecule has 0 aliphatic carbocycles. The van der Waals surface area contributed by atoms with Crippen LogP contribution in [0.15, 0.2) is 40.2 Å². The Bertz CT molecular complexity index is 1070. The van der Waals surface area contributed by atoms with Crippen LogP contribution >= 0.6 is 49.9 Å². The molecule has 98 valence electrons. The van der Waals surface area contributed by atoms with E-state index in [1.165, 1.54) is 44.1 Å². The quantitative estimate of drug-likeness (QED) is 0.285. The van der Waals surface area contributed by atoms with Gasteiger partial charge in [0.15, 0.2) is 0 Å². The molecule has 0 atom stereocenters. The van der Waals surface area contributed by atoms with Crippen LogP contribution in [0, 0.1) is 0 Å². The first-order chi connectivity index (χ1) is 10.2. The zero-order valence-electron chi connectivity index (χ0n) is 10.6. The highest BCUT2D eigenvalue weighted by Gasteiger charge is 2.10. The lowest BCUT2D eigenvalue weighted by molar-refractivity contribution is 2.01. The van der Waals surface area contributed by atoms with Crippen LogP contribution in [0.2, 0.25) is 0 Å². The third-order valence-corrected chi connectivity index (χ3v) is 7.38. The molecule has 0 aliphatic rings. The maximum Gasteiger partial charge on any atom is 0.128 e. The molecule has 0 nitrogen and oxygen atoms in total. The van der Waals surface area contributed by atoms with E-state index in [0.717, 1.165) is 4.78 Å². The normalized spacial score (nSPS) is 12.2. The zero-order valence-corrected chi connectivity index (χ0v) is 14.7. The second-order valence-corrected chi connectivity index (χ2v) is 9.74. The Morgan fingerprint density at radius 1 is 0.667 bits per heavy atom. The van der Waals surface area contributed by atoms with Crippen LogP contribution < -0.4 is 4.78 Å². The first kappa shape index (κ1) is 12.6. The minimum atomic E-state index is 0.885. The molecule has 5 heteroatoms. The number of halogens is 1. The van der Waals surface area contributed by atoms with E-state index in [2.05, 4.69) is 52.3 Å². The molecule has 0 N–H and O–H groups in total. The lowest BCUT2D eigenvalue weighted by Crippen LogP contribution is -1.88. The maximum atomic E-state index is 5.93. The van der Waals surface area contributed by atoms with Gasteiger partial charge in [0.05, 0.1) is 3.79 Å². The molecular formula is C16H6BBrS3. The van der Waals surface area contributed by atoms with E-state index < -0.39 is 0 Å². The Morgan fingerprint density at radius 3 is 2.00 bits per heavy atom. The van der Waals surface area contributed by atoms with Gasteiger partial charge in [0.2, 0.25) is 0 Å². The highest BCUT2D eigenvalue weighted by molar-refractivity contribution is 9.11. The molecule has 0 saturated carbocycles. The second kappa shape index (κ2) is 4.32. The Labute approximate surface area is 142 Å². The van der Waals surface area contributed by atoms with Gasteiger partial charge in [-0.25, -0.2) is 0 Å². The van der Waals surface area contributed by atoms with Gasteiger partial charge in [-0.05, 0) is 61.8 Å². The monoisotopic (exact) mass is 384 g/mol. The summed E-state index contributed by atoms with van der Waals surface area (Å²) in [4.78, 5) is 0. The Kier molecular flexibility index (Phi) is 2.60. The summed E-state index contributed by atoms with van der Waals surface area (Å²) in [6, 6.07) is 13.5. The summed E-state index contributed by atoms with van der Waals surface area (Å²) >= 11 is 8.90. The molecule has 3 aromatic heterocycles. The largest absolute Gasteiger partial charge is 0.152 e. The Morgan fingerprint density at radius 2 is 1.29 bits per heavy atom. The zero-order chi connectivity index (χ0) is 14.1. The first-order valence-corrected chi connectivity index (χ1v) is 9.66. The van der Waals surface area contributed by atoms with E-state index in [4.69, 9.17) is 7.85 Å². The summed E-state index contributed by atoms with van der Waals surface area (Å²) in [7, 11) is 5.93. The van der Waals surface area contributed by atoms with E-state index in [1.807, 2.05) is 11.3 Å². The molecule has 0 bridgehead atoms. The van der Waals surface area contributed by atoms with Crippen LogP contribution in [0.25, 0.3) is 40.3 Å². The van der Waals surface area contributed by atoms with Crippen molar-refractivity contribution in [3.63, 3.8) is 0 Å². The van der Waals surface area contributed by atoms with Crippen LogP contribution in [0.4, 0.5) is 0 Å². The van der Waals surface area contributed by atoms with Crippen molar-refractivity contribution in [3.8, 4) is 0 Å². The van der Waals surface area contributed by atoms with Crippen LogP contribution in [0.1, 0.15) is 0 Å². The van der Waals surface area contributed by atoms with Crippen molar-refractivity contribution < 1.29 is 0 Å². The molecule has 3 heterocycles. The summed E-state index contributed by atoms with van der Waals surface area (Å²) in [5, 5.41) is 5.24. The molecule has 5 rings (SSSR count). The fraction of sp³-hybridized carbons (Fsp3) is 0. The lowest BCUT2D eigenvalue weighted by Gasteiger charge is -1.94. The molecule has 5 aromatic rings. The smallest absolute Gasteiger partial charge is 0.128 e. The van der Waals surface area contributed by atoms with Gasteiger partial charge in [-0.15, -0.1) is 22.7 Å². The molecular weight excluding hydrogens is 379 g/mol. The average Bonchev–Trinajstić information content (AvgIpc) is 3.05. The van der Waals surface area contributed by atoms with Crippen molar-refractivity contribution in [1.29, 1.82) is 0 Å². The van der Waals surface area contributed by atoms with Gasteiger partial charge in [-0.3, -0.25) is 0 Å². The van der Waals surface area contributed by atoms with Crippen molar-refractivity contribution in [2.45, 2.75) is 0 Å². The first-order valence-electron chi connectivity index (χ1n) is 6.42. The van der Waals surface area contributed by atoms with Gasteiger partial charge in [0.1, 0.15) is 7.85 Å². The average molecular weight is 385 g/mol. The topological polar surface area (TPSA) is 0 Å². The number of fused-ring (bicyclic) bond motifs is 5. The van der Waals surface area contributed by atoms with Crippen LogP contribution in [0.5, 0.6) is 0 Å². The predicted octanol–water partition coefficient (Wildman–Crippen LogP) is 6.04. The Hall–Kier alpha value is -0.875. The molecule has 2 radical (unpaired) electrons. The fourth-order valence-electron chi connectivity index (χ4n) is 2.83. The second-order valence-electron chi connectivity index (χ2n) is 5.07. The van der Waals surface area contributed by atoms with Crippen molar-refractivity contribution >= 4 is 103 Å². The highest BCUT2D eigenvalue weighted by Crippen LogP contribution is 2.41. The highest BCUT2D eigenvalue weighted by atomic mass is 79.9. The SMILES string of the molecule is [B]c1cc2cc3c(cc2s1)sc1cc2sc(Br)cc2cc13. The molecule has 0 spiro atoms. The standard InChI is InChI=1S/C16H6BBrS3/c17-15-3-7-1-9-10-2-8-4-16(18)21-12(8)6-14(10)19-13(9)5-11(7)20-15/h1-6H. The lowest BCUT2D eigenvalue weighted by atomic mass is 10.1. The van der Waals surface area contributed by atoms with Gasteiger partial charge < -0.3 is 0 Å². The van der Waals surface area contributed by atoms with Crippen molar-refractivity contribution in [3.05, 3.63) is 40.2 Å². The molecule has 0 saturated heterocycles. The molecule has 21 heavy (non-hydrogen) atoms. The van der Waals surface area contributed by atoms with Crippen molar-refractivity contribution in [1.82, 2.24) is 0 Å². The molecule has 0 aliphatic heterocycles. The van der Waals surface area contributed by atoms with Gasteiger partial charge in [0, 0.05) is 29.6 Å². The van der Waals surface area contributed by atoms with Crippen molar-refractivity contribution in [2.24, 2.45) is 0 Å². The minimum absolute atomic E-state index is 0.885. The number of hydrogen-bond acceptors (Lipinski definition) is 3. The summed E-state index contributed by atoms with van der Waals surface area (Å²) in [6.07, 6.45) is 0. The molecule has 0 unspecified atom stereocenters. The Balaban J connectivity index is 1.97. The third kappa shape index (κ3) is 1.85. The van der Waals surface area contributed by atoms with Crippen LogP contribution in [0.3, 0.4) is 0 Å².